The van der Waals surface area contributed by atoms with Crippen molar-refractivity contribution >= 4 is 25.1 Å². The number of aldehydes is 3. The summed E-state index contributed by atoms with van der Waals surface area (Å²) < 4.78 is 4.17. The summed E-state index contributed by atoms with van der Waals surface area (Å²) in [5.74, 6) is 0.0589. The largest absolute Gasteiger partial charge is 0.377 e. The number of rotatable bonds is 14. The molecule has 54 heavy (non-hydrogen) atoms. The van der Waals surface area contributed by atoms with E-state index in [0.29, 0.717) is 16.7 Å². The molecule has 0 radical (unpaired) electrons. The monoisotopic (exact) mass is 717 g/mol. The molecule has 6 nitrogen and oxygen atoms in total. The van der Waals surface area contributed by atoms with Crippen LogP contribution in [0, 0.1) is 11.8 Å². The summed E-state index contributed by atoms with van der Waals surface area (Å²) in [5, 5.41) is 0. The molecular formula is C48H51N3O3+2. The van der Waals surface area contributed by atoms with Gasteiger partial charge in [0.1, 0.15) is 33.0 Å². The number of carbonyl (C=O) groups excluding carboxylic acids is 3. The van der Waals surface area contributed by atoms with Crippen LogP contribution < -0.4 is 4.57 Å². The lowest BCUT2D eigenvalue weighted by molar-refractivity contribution is -0.671. The Morgan fingerprint density at radius 2 is 1.20 bits per heavy atom. The van der Waals surface area contributed by atoms with Crippen LogP contribution in [-0.4, -0.2) is 55.2 Å². The average Bonchev–Trinajstić information content (AvgIpc) is 3.57. The number of likely N-dealkylation sites (N-methyl/N-ethyl adjacent to an activating group) is 1. The molecule has 274 valence electrons. The first kappa shape index (κ1) is 38.0. The molecule has 2 aliphatic heterocycles. The van der Waals surface area contributed by atoms with E-state index in [1.54, 1.807) is 0 Å². The van der Waals surface area contributed by atoms with Gasteiger partial charge in [-0.25, -0.2) is 9.14 Å². The van der Waals surface area contributed by atoms with E-state index in [9.17, 15) is 14.4 Å². The summed E-state index contributed by atoms with van der Waals surface area (Å²) in [7, 11) is 6.21. The number of aromatic nitrogens is 1. The molecule has 0 N–H and O–H groups in total. The molecule has 0 spiro atoms. The molecule has 0 amide bonds. The zero-order chi connectivity index (χ0) is 38.0. The van der Waals surface area contributed by atoms with E-state index in [-0.39, 0.29) is 29.6 Å². The van der Waals surface area contributed by atoms with Crippen molar-refractivity contribution in [2.45, 2.75) is 43.9 Å². The minimum atomic E-state index is -0.0635. The predicted octanol–water partition coefficient (Wildman–Crippen LogP) is 8.43. The van der Waals surface area contributed by atoms with Gasteiger partial charge < -0.3 is 4.90 Å². The summed E-state index contributed by atoms with van der Waals surface area (Å²) in [6.07, 6.45) is 25.0. The van der Waals surface area contributed by atoms with Crippen molar-refractivity contribution in [3.05, 3.63) is 184 Å². The van der Waals surface area contributed by atoms with Gasteiger partial charge in [-0.3, -0.25) is 14.4 Å². The lowest BCUT2D eigenvalue weighted by atomic mass is 9.60. The Bertz CT molecular complexity index is 2070. The topological polar surface area (TPSA) is 61.3 Å². The molecule has 4 aromatic rings. The van der Waals surface area contributed by atoms with Gasteiger partial charge in [-0.2, -0.15) is 0 Å². The third kappa shape index (κ3) is 9.06. The molecule has 6 heteroatoms. The molecule has 3 aromatic carbocycles. The maximum atomic E-state index is 12.0. The van der Waals surface area contributed by atoms with Crippen LogP contribution in [0.3, 0.4) is 0 Å². The second-order valence-electron chi connectivity index (χ2n) is 14.9. The minimum Gasteiger partial charge on any atom is -0.377 e. The second-order valence-corrected chi connectivity index (χ2v) is 14.9. The summed E-state index contributed by atoms with van der Waals surface area (Å²) >= 11 is 0. The van der Waals surface area contributed by atoms with Crippen LogP contribution in [0.5, 0.6) is 0 Å². The van der Waals surface area contributed by atoms with E-state index in [4.69, 9.17) is 0 Å². The van der Waals surface area contributed by atoms with Crippen LogP contribution >= 0.6 is 0 Å². The maximum Gasteiger partial charge on any atom is 0.168 e. The van der Waals surface area contributed by atoms with Gasteiger partial charge in [0.05, 0.1) is 0 Å². The van der Waals surface area contributed by atoms with E-state index < -0.39 is 0 Å². The van der Waals surface area contributed by atoms with E-state index in [1.807, 2.05) is 43.4 Å². The van der Waals surface area contributed by atoms with E-state index in [2.05, 4.69) is 139 Å². The molecule has 3 heterocycles. The number of hydrogen-bond donors (Lipinski definition) is 0. The molecule has 0 bridgehead atoms. The number of nitrogens with zero attached hydrogens (tertiary/aromatic N) is 3. The zero-order valence-electron chi connectivity index (χ0n) is 31.8. The van der Waals surface area contributed by atoms with Crippen molar-refractivity contribution in [2.75, 3.05) is 20.6 Å². The highest BCUT2D eigenvalue weighted by Gasteiger charge is 2.42. The Labute approximate surface area is 320 Å². The van der Waals surface area contributed by atoms with Crippen molar-refractivity contribution in [3.8, 4) is 0 Å². The summed E-state index contributed by atoms with van der Waals surface area (Å²) in [5.41, 5.74) is 9.36. The zero-order valence-corrected chi connectivity index (χ0v) is 31.8. The molecule has 2 aliphatic rings. The fraction of sp³-hybridized carbons (Fsp3) is 0.271. The Hall–Kier alpha value is -5.75. The van der Waals surface area contributed by atoms with E-state index >= 15 is 0 Å². The Balaban J connectivity index is 1.65. The highest BCUT2D eigenvalue weighted by atomic mass is 16.1. The molecule has 0 fully saturated rings. The maximum absolute atomic E-state index is 12.0. The van der Waals surface area contributed by atoms with E-state index in [0.717, 1.165) is 55.8 Å². The lowest BCUT2D eigenvalue weighted by Crippen LogP contribution is -2.33. The highest BCUT2D eigenvalue weighted by molar-refractivity contribution is 5.76. The number of carbonyl (C=O) groups is 3. The third-order valence-corrected chi connectivity index (χ3v) is 11.3. The van der Waals surface area contributed by atoms with Crippen molar-refractivity contribution in [3.63, 3.8) is 0 Å². The lowest BCUT2D eigenvalue weighted by Gasteiger charge is -2.43. The summed E-state index contributed by atoms with van der Waals surface area (Å²) in [6.45, 7) is 3.19. The first-order valence-corrected chi connectivity index (χ1v) is 18.9. The molecular weight excluding hydrogens is 667 g/mol. The summed E-state index contributed by atoms with van der Waals surface area (Å²) in [6, 6.07) is 28.9. The number of pyridine rings is 1. The molecule has 6 rings (SSSR count). The van der Waals surface area contributed by atoms with Gasteiger partial charge in [-0.1, -0.05) is 103 Å². The summed E-state index contributed by atoms with van der Waals surface area (Å²) in [4.78, 5) is 37.8. The molecule has 5 atom stereocenters. The molecule has 0 aliphatic carbocycles. The van der Waals surface area contributed by atoms with Gasteiger partial charge in [0.15, 0.2) is 24.8 Å². The molecule has 0 saturated carbocycles. The van der Waals surface area contributed by atoms with Crippen molar-refractivity contribution < 1.29 is 23.5 Å². The van der Waals surface area contributed by atoms with Crippen molar-refractivity contribution in [2.24, 2.45) is 18.9 Å². The van der Waals surface area contributed by atoms with Gasteiger partial charge in [0.2, 0.25) is 0 Å². The molecule has 5 unspecified atom stereocenters. The Morgan fingerprint density at radius 3 is 1.80 bits per heavy atom. The first-order chi connectivity index (χ1) is 26.3. The second kappa shape index (κ2) is 17.8. The standard InChI is InChI=1S/C48H51N3O3/c1-35(40-7-5-25-49(2)27-21-40)46(42-17-13-38(33-53)14-18-42)48(43-19-15-39(34-54)16-20-43)47(44-23-29-51(4)30-24-44)45(41-8-6-26-50(3)28-22-41)31-36-9-11-37(32-52)12-10-36/h5-6,9-26,28-30,32-35,45-48H,7-8,27,31H2,1-4H3/q+2. The number of benzene rings is 3. The van der Waals surface area contributed by atoms with Gasteiger partial charge >= 0.3 is 0 Å². The van der Waals surface area contributed by atoms with Gasteiger partial charge in [-0.05, 0) is 83.4 Å². The fourth-order valence-electron chi connectivity index (χ4n) is 8.28. The van der Waals surface area contributed by atoms with Gasteiger partial charge in [0, 0.05) is 48.5 Å². The van der Waals surface area contributed by atoms with Crippen LogP contribution in [0.2, 0.25) is 0 Å². The number of allylic oxidation sites excluding steroid dienone is 5. The fourth-order valence-corrected chi connectivity index (χ4v) is 8.28. The molecule has 1 aromatic heterocycles. The SMILES string of the molecule is CC(C1=CCN(C)C=CC1)C(c1ccc(C=O)cc1)C(c1ccc(C=O)cc1)C(c1cc[n+](C)cc1)C(Cc1ccc(C=O)cc1)C1=CC=[N+](C)C=CC1. The van der Waals surface area contributed by atoms with Crippen LogP contribution in [0.1, 0.15) is 90.8 Å². The van der Waals surface area contributed by atoms with Gasteiger partial charge in [-0.15, -0.1) is 0 Å². The van der Waals surface area contributed by atoms with Crippen LogP contribution in [0.4, 0.5) is 0 Å². The first-order valence-electron chi connectivity index (χ1n) is 18.9. The molecule has 0 saturated heterocycles. The Kier molecular flexibility index (Phi) is 12.6. The quantitative estimate of drug-likeness (QED) is 0.0747. The van der Waals surface area contributed by atoms with Gasteiger partial charge in [0.25, 0.3) is 0 Å². The smallest absolute Gasteiger partial charge is 0.168 e. The predicted molar refractivity (Wildman–Crippen MR) is 216 cm³/mol. The average molecular weight is 718 g/mol. The Morgan fingerprint density at radius 1 is 0.667 bits per heavy atom. The highest BCUT2D eigenvalue weighted by Crippen LogP contribution is 2.54. The van der Waals surface area contributed by atoms with Crippen LogP contribution in [0.25, 0.3) is 0 Å². The minimum absolute atomic E-state index is 0.0108. The number of aryl methyl sites for hydroxylation is 1. The number of hydrogen-bond acceptors (Lipinski definition) is 4. The third-order valence-electron chi connectivity index (χ3n) is 11.3. The van der Waals surface area contributed by atoms with Crippen LogP contribution in [0.15, 0.2) is 145 Å². The normalized spacial score (nSPS) is 17.1. The van der Waals surface area contributed by atoms with Crippen molar-refractivity contribution in [1.29, 1.82) is 0 Å². The van der Waals surface area contributed by atoms with Crippen molar-refractivity contribution in [1.82, 2.24) is 4.90 Å². The van der Waals surface area contributed by atoms with Crippen LogP contribution in [-0.2, 0) is 13.5 Å². The van der Waals surface area contributed by atoms with E-state index in [1.165, 1.54) is 22.3 Å².